The molecule has 0 aliphatic rings. The van der Waals surface area contributed by atoms with Crippen LogP contribution in [0.1, 0.15) is 17.9 Å². The van der Waals surface area contributed by atoms with E-state index in [9.17, 15) is 13.2 Å². The van der Waals surface area contributed by atoms with Gasteiger partial charge >= 0.3 is 6.55 Å². The number of alkyl halides is 2. The Kier molecular flexibility index (Phi) is 4.62. The lowest BCUT2D eigenvalue weighted by Gasteiger charge is -2.10. The maximum atomic E-state index is 13.7. The standard InChI is InChI=1S/C13H14F3N3O/c1-17-7-9-2-3-11(10(14)6-9)20-8-12-18-4-5-19(12)13(15)16/h2-6,13,17H,7-8H2,1H3. The molecule has 0 spiro atoms. The third kappa shape index (κ3) is 3.30. The molecular formula is C13H14F3N3O. The molecule has 1 heterocycles. The molecule has 4 nitrogen and oxygen atoms in total. The third-order valence-corrected chi connectivity index (χ3v) is 2.69. The van der Waals surface area contributed by atoms with Gasteiger partial charge in [-0.15, -0.1) is 0 Å². The van der Waals surface area contributed by atoms with Crippen molar-refractivity contribution in [1.29, 1.82) is 0 Å². The Balaban J connectivity index is 2.05. The fourth-order valence-corrected chi connectivity index (χ4v) is 1.75. The molecule has 0 aliphatic heterocycles. The number of rotatable bonds is 6. The average molecular weight is 285 g/mol. The lowest BCUT2D eigenvalue weighted by molar-refractivity contribution is 0.0631. The van der Waals surface area contributed by atoms with E-state index in [4.69, 9.17) is 4.74 Å². The van der Waals surface area contributed by atoms with Crippen molar-refractivity contribution in [2.24, 2.45) is 0 Å². The van der Waals surface area contributed by atoms with Crippen molar-refractivity contribution in [3.8, 4) is 5.75 Å². The summed E-state index contributed by atoms with van der Waals surface area (Å²) in [4.78, 5) is 3.75. The zero-order valence-corrected chi connectivity index (χ0v) is 10.8. The van der Waals surface area contributed by atoms with E-state index in [1.807, 2.05) is 0 Å². The highest BCUT2D eigenvalue weighted by Crippen LogP contribution is 2.20. The average Bonchev–Trinajstić information content (AvgIpc) is 2.86. The molecule has 2 aromatic rings. The lowest BCUT2D eigenvalue weighted by atomic mass is 10.2. The van der Waals surface area contributed by atoms with Crippen LogP contribution in [0.4, 0.5) is 13.2 Å². The van der Waals surface area contributed by atoms with Gasteiger partial charge in [-0.25, -0.2) is 9.37 Å². The first kappa shape index (κ1) is 14.4. The van der Waals surface area contributed by atoms with Gasteiger partial charge in [0.2, 0.25) is 0 Å². The molecule has 20 heavy (non-hydrogen) atoms. The summed E-state index contributed by atoms with van der Waals surface area (Å²) in [5.74, 6) is -0.486. The maximum Gasteiger partial charge on any atom is 0.320 e. The van der Waals surface area contributed by atoms with E-state index in [1.54, 1.807) is 13.1 Å². The van der Waals surface area contributed by atoms with Crippen LogP contribution in [0.25, 0.3) is 0 Å². The molecule has 0 fully saturated rings. The summed E-state index contributed by atoms with van der Waals surface area (Å²) in [6.45, 7) is -2.38. The van der Waals surface area contributed by atoms with Crippen molar-refractivity contribution >= 4 is 0 Å². The fraction of sp³-hybridized carbons (Fsp3) is 0.308. The van der Waals surface area contributed by atoms with E-state index >= 15 is 0 Å². The van der Waals surface area contributed by atoms with Crippen LogP contribution in [0.15, 0.2) is 30.6 Å². The molecule has 1 aromatic heterocycles. The van der Waals surface area contributed by atoms with Gasteiger partial charge in [0, 0.05) is 18.9 Å². The van der Waals surface area contributed by atoms with Crippen molar-refractivity contribution in [1.82, 2.24) is 14.9 Å². The van der Waals surface area contributed by atoms with Crippen molar-refractivity contribution in [3.63, 3.8) is 0 Å². The minimum absolute atomic E-state index is 0.00803. The van der Waals surface area contributed by atoms with Crippen LogP contribution in [0, 0.1) is 5.82 Å². The summed E-state index contributed by atoms with van der Waals surface area (Å²) in [5, 5.41) is 2.90. The number of nitrogens with zero attached hydrogens (tertiary/aromatic N) is 2. The van der Waals surface area contributed by atoms with Crippen LogP contribution in [0.3, 0.4) is 0 Å². The zero-order valence-electron chi connectivity index (χ0n) is 10.8. The Labute approximate surface area is 114 Å². The monoisotopic (exact) mass is 285 g/mol. The van der Waals surface area contributed by atoms with Crippen LogP contribution in [0.5, 0.6) is 5.75 Å². The van der Waals surface area contributed by atoms with E-state index in [1.165, 1.54) is 18.3 Å². The molecular weight excluding hydrogens is 271 g/mol. The predicted molar refractivity (Wildman–Crippen MR) is 67.0 cm³/mol. The van der Waals surface area contributed by atoms with Gasteiger partial charge in [0.05, 0.1) is 0 Å². The Morgan fingerprint density at radius 3 is 2.85 bits per heavy atom. The van der Waals surface area contributed by atoms with E-state index in [0.717, 1.165) is 11.8 Å². The molecule has 0 amide bonds. The summed E-state index contributed by atoms with van der Waals surface area (Å²) < 4.78 is 44.8. The quantitative estimate of drug-likeness (QED) is 0.887. The van der Waals surface area contributed by atoms with Crippen LogP contribution in [-0.4, -0.2) is 16.6 Å². The highest BCUT2D eigenvalue weighted by molar-refractivity contribution is 5.29. The molecule has 0 radical (unpaired) electrons. The highest BCUT2D eigenvalue weighted by atomic mass is 19.3. The molecule has 0 saturated heterocycles. The van der Waals surface area contributed by atoms with Crippen molar-refractivity contribution in [2.75, 3.05) is 7.05 Å². The van der Waals surface area contributed by atoms with Gasteiger partial charge in [0.1, 0.15) is 6.61 Å². The second kappa shape index (κ2) is 6.42. The van der Waals surface area contributed by atoms with Crippen LogP contribution >= 0.6 is 0 Å². The highest BCUT2D eigenvalue weighted by Gasteiger charge is 2.12. The Hall–Kier alpha value is -2.02. The SMILES string of the molecule is CNCc1ccc(OCc2nccn2C(F)F)c(F)c1. The summed E-state index contributed by atoms with van der Waals surface area (Å²) in [7, 11) is 1.76. The molecule has 0 bridgehead atoms. The molecule has 7 heteroatoms. The smallest absolute Gasteiger partial charge is 0.320 e. The number of benzene rings is 1. The fourth-order valence-electron chi connectivity index (χ4n) is 1.75. The van der Waals surface area contributed by atoms with Crippen LogP contribution in [-0.2, 0) is 13.2 Å². The first-order chi connectivity index (χ1) is 9.61. The van der Waals surface area contributed by atoms with Gasteiger partial charge in [-0.2, -0.15) is 8.78 Å². The van der Waals surface area contributed by atoms with E-state index in [2.05, 4.69) is 10.3 Å². The largest absolute Gasteiger partial charge is 0.483 e. The maximum absolute atomic E-state index is 13.7. The first-order valence-electron chi connectivity index (χ1n) is 5.97. The predicted octanol–water partition coefficient (Wildman–Crippen LogP) is 2.72. The number of halogens is 3. The number of ether oxygens (including phenoxy) is 1. The summed E-state index contributed by atoms with van der Waals surface area (Å²) in [6.07, 6.45) is 2.40. The normalized spacial score (nSPS) is 11.1. The van der Waals surface area contributed by atoms with Crippen LogP contribution < -0.4 is 10.1 Å². The van der Waals surface area contributed by atoms with E-state index < -0.39 is 12.4 Å². The second-order valence-electron chi connectivity index (χ2n) is 4.11. The Bertz CT molecular complexity index is 572. The van der Waals surface area contributed by atoms with Crippen molar-refractivity contribution in [3.05, 3.63) is 47.8 Å². The number of hydrogen-bond acceptors (Lipinski definition) is 3. The van der Waals surface area contributed by atoms with Gasteiger partial charge in [-0.1, -0.05) is 6.07 Å². The number of hydrogen-bond donors (Lipinski definition) is 1. The van der Waals surface area contributed by atoms with E-state index in [0.29, 0.717) is 11.1 Å². The summed E-state index contributed by atoms with van der Waals surface area (Å²) >= 11 is 0. The minimum atomic E-state index is -2.70. The van der Waals surface area contributed by atoms with Crippen LogP contribution in [0.2, 0.25) is 0 Å². The van der Waals surface area contributed by atoms with Gasteiger partial charge in [0.15, 0.2) is 17.4 Å². The topological polar surface area (TPSA) is 39.1 Å². The molecule has 1 aromatic carbocycles. The third-order valence-electron chi connectivity index (χ3n) is 2.69. The molecule has 108 valence electrons. The zero-order chi connectivity index (χ0) is 14.5. The number of imidazole rings is 1. The molecule has 0 unspecified atom stereocenters. The summed E-state index contributed by atoms with van der Waals surface area (Å²) in [5.41, 5.74) is 0.770. The molecule has 0 atom stereocenters. The summed E-state index contributed by atoms with van der Waals surface area (Å²) in [6, 6.07) is 4.51. The van der Waals surface area contributed by atoms with Gasteiger partial charge in [-0.3, -0.25) is 4.57 Å². The lowest BCUT2D eigenvalue weighted by Crippen LogP contribution is -2.08. The first-order valence-corrected chi connectivity index (χ1v) is 5.97. The molecule has 1 N–H and O–H groups in total. The molecule has 0 saturated carbocycles. The van der Waals surface area contributed by atoms with Crippen molar-refractivity contribution < 1.29 is 17.9 Å². The molecule has 2 rings (SSSR count). The Morgan fingerprint density at radius 1 is 1.40 bits per heavy atom. The Morgan fingerprint density at radius 2 is 2.20 bits per heavy atom. The minimum Gasteiger partial charge on any atom is -0.483 e. The van der Waals surface area contributed by atoms with Gasteiger partial charge in [0.25, 0.3) is 0 Å². The number of aromatic nitrogens is 2. The van der Waals surface area contributed by atoms with Crippen molar-refractivity contribution in [2.45, 2.75) is 19.7 Å². The number of nitrogens with one attached hydrogen (secondary N) is 1. The van der Waals surface area contributed by atoms with Gasteiger partial charge < -0.3 is 10.1 Å². The molecule has 0 aliphatic carbocycles. The van der Waals surface area contributed by atoms with Gasteiger partial charge in [-0.05, 0) is 24.7 Å². The second-order valence-corrected chi connectivity index (χ2v) is 4.11. The van der Waals surface area contributed by atoms with E-state index in [-0.39, 0.29) is 18.2 Å².